The quantitative estimate of drug-likeness (QED) is 0.632. The van der Waals surface area contributed by atoms with E-state index in [1.165, 1.54) is 12.8 Å². The molecule has 1 rings (SSSR count). The van der Waals surface area contributed by atoms with Gasteiger partial charge in [0.15, 0.2) is 0 Å². The van der Waals surface area contributed by atoms with E-state index in [2.05, 4.69) is 5.18 Å². The Morgan fingerprint density at radius 2 is 1.91 bits per heavy atom. The fourth-order valence-electron chi connectivity index (χ4n) is 1.86. The Labute approximate surface area is 66.8 Å². The average Bonchev–Trinajstić information content (AvgIpc) is 2.06. The van der Waals surface area contributed by atoms with Crippen LogP contribution in [0.3, 0.4) is 0 Å². The van der Waals surface area contributed by atoms with Crippen molar-refractivity contribution in [1.82, 2.24) is 0 Å². The molecule has 1 saturated carbocycles. The standard InChI is InChI=1S/C8H15NO2/c10-6-8-4-2-1-3-7(8)5-9-11/h7-8,10H,1-6H2/t7-,8-/m0/s1. The number of rotatable bonds is 3. The van der Waals surface area contributed by atoms with Gasteiger partial charge in [0.25, 0.3) is 0 Å². The first-order chi connectivity index (χ1) is 5.38. The highest BCUT2D eigenvalue weighted by Crippen LogP contribution is 2.29. The molecule has 0 aromatic heterocycles. The lowest BCUT2D eigenvalue weighted by Gasteiger charge is -2.27. The minimum absolute atomic E-state index is 0.222. The zero-order valence-electron chi connectivity index (χ0n) is 6.70. The summed E-state index contributed by atoms with van der Waals surface area (Å²) in [5.74, 6) is 0.688. The molecule has 1 N–H and O–H groups in total. The van der Waals surface area contributed by atoms with Crippen molar-refractivity contribution in [3.63, 3.8) is 0 Å². The highest BCUT2D eigenvalue weighted by molar-refractivity contribution is 4.76. The first-order valence-corrected chi connectivity index (χ1v) is 4.28. The fourth-order valence-corrected chi connectivity index (χ4v) is 1.86. The molecule has 0 bridgehead atoms. The van der Waals surface area contributed by atoms with Gasteiger partial charge in [-0.25, -0.2) is 0 Å². The minimum atomic E-state index is 0.222. The van der Waals surface area contributed by atoms with Gasteiger partial charge in [-0.2, -0.15) is 4.91 Å². The highest BCUT2D eigenvalue weighted by Gasteiger charge is 2.24. The third kappa shape index (κ3) is 2.26. The summed E-state index contributed by atoms with van der Waals surface area (Å²) in [5.41, 5.74) is 0. The molecule has 64 valence electrons. The number of aliphatic hydroxyl groups excluding tert-OH is 1. The molecule has 3 nitrogen and oxygen atoms in total. The first kappa shape index (κ1) is 8.65. The predicted molar refractivity (Wildman–Crippen MR) is 43.2 cm³/mol. The third-order valence-electron chi connectivity index (χ3n) is 2.61. The van der Waals surface area contributed by atoms with Gasteiger partial charge in [-0.1, -0.05) is 18.0 Å². The summed E-state index contributed by atoms with van der Waals surface area (Å²) in [5, 5.41) is 11.8. The normalized spacial score (nSPS) is 31.7. The van der Waals surface area contributed by atoms with E-state index >= 15 is 0 Å². The molecule has 0 aromatic carbocycles. The molecule has 0 amide bonds. The molecule has 3 heteroatoms. The number of hydrogen-bond acceptors (Lipinski definition) is 3. The molecule has 1 aliphatic carbocycles. The van der Waals surface area contributed by atoms with E-state index in [1.54, 1.807) is 0 Å². The molecule has 2 atom stereocenters. The number of nitrogens with zero attached hydrogens (tertiary/aromatic N) is 1. The van der Waals surface area contributed by atoms with Crippen molar-refractivity contribution in [2.24, 2.45) is 17.0 Å². The number of nitroso groups, excluding NO2 is 1. The van der Waals surface area contributed by atoms with Crippen molar-refractivity contribution < 1.29 is 5.11 Å². The molecule has 0 radical (unpaired) electrons. The van der Waals surface area contributed by atoms with Crippen LogP contribution in [0, 0.1) is 16.7 Å². The summed E-state index contributed by atoms with van der Waals surface area (Å²) in [4.78, 5) is 10.0. The monoisotopic (exact) mass is 157 g/mol. The van der Waals surface area contributed by atoms with Crippen LogP contribution >= 0.6 is 0 Å². The van der Waals surface area contributed by atoms with E-state index in [9.17, 15) is 4.91 Å². The zero-order valence-corrected chi connectivity index (χ0v) is 6.70. The van der Waals surface area contributed by atoms with E-state index in [0.717, 1.165) is 12.8 Å². The molecule has 0 aliphatic heterocycles. The number of aliphatic hydroxyl groups is 1. The van der Waals surface area contributed by atoms with Gasteiger partial charge in [0.2, 0.25) is 0 Å². The van der Waals surface area contributed by atoms with Gasteiger partial charge in [-0.15, -0.1) is 0 Å². The Kier molecular flexibility index (Phi) is 3.49. The van der Waals surface area contributed by atoms with E-state index in [0.29, 0.717) is 18.4 Å². The fraction of sp³-hybridized carbons (Fsp3) is 1.00. The zero-order chi connectivity index (χ0) is 8.10. The molecule has 0 heterocycles. The summed E-state index contributed by atoms with van der Waals surface area (Å²) < 4.78 is 0. The number of hydrogen-bond donors (Lipinski definition) is 1. The second-order valence-corrected chi connectivity index (χ2v) is 3.30. The van der Waals surface area contributed by atoms with Crippen LogP contribution < -0.4 is 0 Å². The minimum Gasteiger partial charge on any atom is -0.396 e. The molecule has 1 fully saturated rings. The molecular weight excluding hydrogens is 142 g/mol. The van der Waals surface area contributed by atoms with Crippen molar-refractivity contribution in [3.05, 3.63) is 4.91 Å². The lowest BCUT2D eigenvalue weighted by atomic mass is 9.80. The largest absolute Gasteiger partial charge is 0.396 e. The summed E-state index contributed by atoms with van der Waals surface area (Å²) in [7, 11) is 0. The van der Waals surface area contributed by atoms with E-state index < -0.39 is 0 Å². The van der Waals surface area contributed by atoms with E-state index in [1.807, 2.05) is 0 Å². The van der Waals surface area contributed by atoms with Crippen LogP contribution in [0.15, 0.2) is 5.18 Å². The Morgan fingerprint density at radius 1 is 1.27 bits per heavy atom. The summed E-state index contributed by atoms with van der Waals surface area (Å²) in [6, 6.07) is 0. The highest BCUT2D eigenvalue weighted by atomic mass is 16.3. The van der Waals surface area contributed by atoms with Gasteiger partial charge in [-0.05, 0) is 24.7 Å². The SMILES string of the molecule is O=NC[C@@H]1CCCC[C@H]1CO. The predicted octanol–water partition coefficient (Wildman–Crippen LogP) is 1.55. The average molecular weight is 157 g/mol. The van der Waals surface area contributed by atoms with Gasteiger partial charge < -0.3 is 5.11 Å². The lowest BCUT2D eigenvalue weighted by molar-refractivity contribution is 0.139. The van der Waals surface area contributed by atoms with Gasteiger partial charge in [0, 0.05) is 6.61 Å². The van der Waals surface area contributed by atoms with Crippen LogP contribution in [0.1, 0.15) is 25.7 Å². The van der Waals surface area contributed by atoms with Crippen LogP contribution in [-0.2, 0) is 0 Å². The Morgan fingerprint density at radius 3 is 2.45 bits per heavy atom. The van der Waals surface area contributed by atoms with Crippen molar-refractivity contribution >= 4 is 0 Å². The van der Waals surface area contributed by atoms with Gasteiger partial charge in [-0.3, -0.25) is 0 Å². The maximum atomic E-state index is 10.0. The third-order valence-corrected chi connectivity index (χ3v) is 2.61. The van der Waals surface area contributed by atoms with E-state index in [4.69, 9.17) is 5.11 Å². The van der Waals surface area contributed by atoms with Crippen molar-refractivity contribution in [2.75, 3.05) is 13.2 Å². The van der Waals surface area contributed by atoms with E-state index in [-0.39, 0.29) is 6.61 Å². The first-order valence-electron chi connectivity index (χ1n) is 4.28. The second-order valence-electron chi connectivity index (χ2n) is 3.30. The smallest absolute Gasteiger partial charge is 0.0842 e. The molecule has 0 saturated heterocycles. The van der Waals surface area contributed by atoms with Crippen LogP contribution in [0.4, 0.5) is 0 Å². The van der Waals surface area contributed by atoms with Crippen LogP contribution in [-0.4, -0.2) is 18.3 Å². The second kappa shape index (κ2) is 4.44. The van der Waals surface area contributed by atoms with Crippen molar-refractivity contribution in [3.8, 4) is 0 Å². The summed E-state index contributed by atoms with van der Waals surface area (Å²) in [6.45, 7) is 0.616. The maximum Gasteiger partial charge on any atom is 0.0842 e. The molecule has 0 unspecified atom stereocenters. The molecule has 0 spiro atoms. The topological polar surface area (TPSA) is 49.7 Å². The maximum absolute atomic E-state index is 10.0. The molecule has 11 heavy (non-hydrogen) atoms. The Hall–Kier alpha value is -0.440. The summed E-state index contributed by atoms with van der Waals surface area (Å²) in [6.07, 6.45) is 4.52. The summed E-state index contributed by atoms with van der Waals surface area (Å²) >= 11 is 0. The van der Waals surface area contributed by atoms with Crippen LogP contribution in [0.5, 0.6) is 0 Å². The van der Waals surface area contributed by atoms with Gasteiger partial charge in [0.1, 0.15) is 0 Å². The Bertz CT molecular complexity index is 127. The molecule has 1 aliphatic rings. The van der Waals surface area contributed by atoms with Gasteiger partial charge >= 0.3 is 0 Å². The molecule has 0 aromatic rings. The van der Waals surface area contributed by atoms with Gasteiger partial charge in [0.05, 0.1) is 6.54 Å². The lowest BCUT2D eigenvalue weighted by Crippen LogP contribution is -2.24. The van der Waals surface area contributed by atoms with Crippen LogP contribution in [0.25, 0.3) is 0 Å². The van der Waals surface area contributed by atoms with Crippen molar-refractivity contribution in [1.29, 1.82) is 0 Å². The Balaban J connectivity index is 2.37. The van der Waals surface area contributed by atoms with Crippen LogP contribution in [0.2, 0.25) is 0 Å². The molecular formula is C8H15NO2. The van der Waals surface area contributed by atoms with Crippen molar-refractivity contribution in [2.45, 2.75) is 25.7 Å².